The van der Waals surface area contributed by atoms with Gasteiger partial charge in [0.2, 0.25) is 26.0 Å². The van der Waals surface area contributed by atoms with Gasteiger partial charge in [0, 0.05) is 31.9 Å². The van der Waals surface area contributed by atoms with Crippen molar-refractivity contribution in [2.75, 3.05) is 23.1 Å². The highest BCUT2D eigenvalue weighted by Gasteiger charge is 2.37. The number of carbonyl (C=O) groups excluding carboxylic acids is 1. The summed E-state index contributed by atoms with van der Waals surface area (Å²) in [6.45, 7) is 3.93. The topological polar surface area (TPSA) is 105 Å². The zero-order chi connectivity index (χ0) is 21.2. The van der Waals surface area contributed by atoms with Crippen molar-refractivity contribution >= 4 is 31.6 Å². The Bertz CT molecular complexity index is 1120. The lowest BCUT2D eigenvalue weighted by Gasteiger charge is -2.23. The van der Waals surface area contributed by atoms with Gasteiger partial charge >= 0.3 is 0 Å². The molecule has 0 atom stereocenters. The molecule has 10 heteroatoms. The van der Waals surface area contributed by atoms with E-state index in [4.69, 9.17) is 0 Å². The molecule has 156 valence electrons. The average molecular weight is 438 g/mol. The maximum absolute atomic E-state index is 13.3. The number of pyridine rings is 1. The Morgan fingerprint density at radius 2 is 1.86 bits per heavy atom. The number of likely N-dealkylation sites (N-methyl/N-ethyl adjacent to an activating group) is 1. The van der Waals surface area contributed by atoms with E-state index in [1.807, 2.05) is 12.1 Å². The highest BCUT2D eigenvalue weighted by atomic mass is 32.2. The normalized spacial score (nSPS) is 16.5. The van der Waals surface area contributed by atoms with E-state index in [2.05, 4.69) is 4.98 Å². The Hall–Kier alpha value is -2.30. The number of sulfonamides is 2. The smallest absolute Gasteiger partial charge is 0.243 e. The molecule has 1 aliphatic heterocycles. The molecule has 0 saturated carbocycles. The van der Waals surface area contributed by atoms with Crippen LogP contribution in [-0.2, 0) is 31.3 Å². The van der Waals surface area contributed by atoms with Crippen LogP contribution in [0.4, 0.5) is 5.69 Å². The summed E-state index contributed by atoms with van der Waals surface area (Å²) in [5.74, 6) is -0.823. The zero-order valence-electron chi connectivity index (χ0n) is 16.3. The first-order valence-electron chi connectivity index (χ1n) is 9.22. The second-order valence-electron chi connectivity index (χ2n) is 6.78. The molecule has 2 heterocycles. The quantitative estimate of drug-likeness (QED) is 0.653. The largest absolute Gasteiger partial charge is 0.273 e. The number of aromatic nitrogens is 1. The van der Waals surface area contributed by atoms with Gasteiger partial charge in [-0.3, -0.25) is 9.78 Å². The van der Waals surface area contributed by atoms with E-state index in [1.54, 1.807) is 26.2 Å². The molecule has 29 heavy (non-hydrogen) atoms. The monoisotopic (exact) mass is 437 g/mol. The fraction of sp³-hybridized carbons (Fsp3) is 0.368. The molecular weight excluding hydrogens is 414 g/mol. The molecule has 1 fully saturated rings. The Morgan fingerprint density at radius 3 is 2.45 bits per heavy atom. The van der Waals surface area contributed by atoms with Crippen LogP contribution in [0.25, 0.3) is 0 Å². The molecule has 1 amide bonds. The van der Waals surface area contributed by atoms with E-state index in [9.17, 15) is 21.6 Å². The van der Waals surface area contributed by atoms with E-state index < -0.39 is 26.0 Å². The summed E-state index contributed by atoms with van der Waals surface area (Å²) in [6, 6.07) is 7.93. The van der Waals surface area contributed by atoms with Crippen molar-refractivity contribution in [3.05, 3.63) is 53.9 Å². The van der Waals surface area contributed by atoms with Crippen molar-refractivity contribution < 1.29 is 21.6 Å². The minimum Gasteiger partial charge on any atom is -0.273 e. The molecule has 1 saturated heterocycles. The lowest BCUT2D eigenvalue weighted by atomic mass is 10.2. The Balaban J connectivity index is 1.94. The van der Waals surface area contributed by atoms with Crippen LogP contribution in [0.5, 0.6) is 0 Å². The predicted octanol–water partition coefficient (Wildman–Crippen LogP) is 1.71. The molecule has 3 rings (SSSR count). The third-order valence-corrected chi connectivity index (χ3v) is 8.66. The summed E-state index contributed by atoms with van der Waals surface area (Å²) in [7, 11) is -7.64. The van der Waals surface area contributed by atoms with E-state index in [0.29, 0.717) is 16.3 Å². The van der Waals surface area contributed by atoms with Gasteiger partial charge in [-0.15, -0.1) is 0 Å². The minimum atomic E-state index is -3.87. The highest BCUT2D eigenvalue weighted by Crippen LogP contribution is 2.30. The number of rotatable bonds is 7. The summed E-state index contributed by atoms with van der Waals surface area (Å²) in [5.41, 5.74) is 1.51. The fourth-order valence-corrected chi connectivity index (χ4v) is 6.40. The number of amides is 1. The van der Waals surface area contributed by atoms with Gasteiger partial charge in [-0.2, -0.15) is 4.31 Å². The summed E-state index contributed by atoms with van der Waals surface area (Å²) >= 11 is 0. The van der Waals surface area contributed by atoms with Crippen LogP contribution in [0.1, 0.15) is 24.5 Å². The first-order valence-corrected chi connectivity index (χ1v) is 12.3. The molecule has 0 N–H and O–H groups in total. The molecule has 0 unspecified atom stereocenters. The van der Waals surface area contributed by atoms with Crippen LogP contribution < -0.4 is 4.31 Å². The van der Waals surface area contributed by atoms with Crippen molar-refractivity contribution in [2.45, 2.75) is 31.6 Å². The number of hydrogen-bond donors (Lipinski definition) is 0. The van der Waals surface area contributed by atoms with Crippen LogP contribution in [0.3, 0.4) is 0 Å². The molecule has 1 aliphatic rings. The molecule has 8 nitrogen and oxygen atoms in total. The number of hydrogen-bond acceptors (Lipinski definition) is 6. The first-order chi connectivity index (χ1) is 13.7. The van der Waals surface area contributed by atoms with E-state index in [0.717, 1.165) is 5.56 Å². The number of aryl methyl sites for hydroxylation is 1. The standard InChI is InChI=1S/C19H23N3O5S2/c1-3-21(12-8-16-6-10-20-11-7-16)29(26,27)18-14-17(5-4-15(18)2)22-19(23)9-13-28(22,24)25/h4-7,10-11,14H,3,8-9,12-13H2,1-2H3. The molecule has 0 radical (unpaired) electrons. The van der Waals surface area contributed by atoms with Gasteiger partial charge in [-0.1, -0.05) is 13.0 Å². The third-order valence-electron chi connectivity index (χ3n) is 4.85. The van der Waals surface area contributed by atoms with Gasteiger partial charge in [-0.25, -0.2) is 21.1 Å². The molecule has 1 aromatic carbocycles. The Labute approximate surface area is 171 Å². The molecule has 1 aromatic heterocycles. The second kappa shape index (κ2) is 8.21. The molecule has 0 bridgehead atoms. The third kappa shape index (κ3) is 4.34. The Morgan fingerprint density at radius 1 is 1.17 bits per heavy atom. The van der Waals surface area contributed by atoms with Crippen molar-refractivity contribution in [1.82, 2.24) is 9.29 Å². The van der Waals surface area contributed by atoms with Gasteiger partial charge in [0.15, 0.2) is 0 Å². The van der Waals surface area contributed by atoms with Crippen LogP contribution in [0.15, 0.2) is 47.6 Å². The molecule has 2 aromatic rings. The number of carbonyl (C=O) groups is 1. The number of benzene rings is 1. The van der Waals surface area contributed by atoms with Gasteiger partial charge in [-0.05, 0) is 48.7 Å². The van der Waals surface area contributed by atoms with E-state index >= 15 is 0 Å². The first kappa shape index (κ1) is 21.4. The van der Waals surface area contributed by atoms with Crippen molar-refractivity contribution in [1.29, 1.82) is 0 Å². The van der Waals surface area contributed by atoms with Crippen molar-refractivity contribution in [2.24, 2.45) is 0 Å². The van der Waals surface area contributed by atoms with Crippen LogP contribution in [0, 0.1) is 6.92 Å². The molecule has 0 spiro atoms. The zero-order valence-corrected chi connectivity index (χ0v) is 17.9. The second-order valence-corrected chi connectivity index (χ2v) is 10.6. The van der Waals surface area contributed by atoms with Crippen molar-refractivity contribution in [3.8, 4) is 0 Å². The lowest BCUT2D eigenvalue weighted by Crippen LogP contribution is -2.34. The number of nitrogens with zero attached hydrogens (tertiary/aromatic N) is 3. The predicted molar refractivity (Wildman–Crippen MR) is 109 cm³/mol. The molecular formula is C19H23N3O5S2. The Kier molecular flexibility index (Phi) is 6.06. The summed E-state index contributed by atoms with van der Waals surface area (Å²) in [6.07, 6.45) is 3.72. The van der Waals surface area contributed by atoms with Gasteiger partial charge in [0.25, 0.3) is 0 Å². The van der Waals surface area contributed by atoms with Crippen LogP contribution >= 0.6 is 0 Å². The lowest BCUT2D eigenvalue weighted by molar-refractivity contribution is -0.116. The van der Waals surface area contributed by atoms with Crippen LogP contribution in [-0.4, -0.2) is 50.9 Å². The fourth-order valence-electron chi connectivity index (χ4n) is 3.25. The van der Waals surface area contributed by atoms with Gasteiger partial charge in [0.1, 0.15) is 0 Å². The van der Waals surface area contributed by atoms with Crippen LogP contribution in [0.2, 0.25) is 0 Å². The number of anilines is 1. The summed E-state index contributed by atoms with van der Waals surface area (Å²) in [5, 5.41) is 0. The van der Waals surface area contributed by atoms with E-state index in [-0.39, 0.29) is 35.8 Å². The average Bonchev–Trinajstić information content (AvgIpc) is 2.96. The molecule has 0 aliphatic carbocycles. The SMILES string of the molecule is CCN(CCc1ccncc1)S(=O)(=O)c1cc(N2C(=O)CCS2(=O)=O)ccc1C. The maximum Gasteiger partial charge on any atom is 0.243 e. The summed E-state index contributed by atoms with van der Waals surface area (Å²) < 4.78 is 53.0. The van der Waals surface area contributed by atoms with Crippen molar-refractivity contribution in [3.63, 3.8) is 0 Å². The van der Waals surface area contributed by atoms with Gasteiger partial charge < -0.3 is 0 Å². The highest BCUT2D eigenvalue weighted by molar-refractivity contribution is 7.94. The van der Waals surface area contributed by atoms with Gasteiger partial charge in [0.05, 0.1) is 16.3 Å². The summed E-state index contributed by atoms with van der Waals surface area (Å²) in [4.78, 5) is 16.0. The maximum atomic E-state index is 13.3. The van der Waals surface area contributed by atoms with E-state index in [1.165, 1.54) is 22.5 Å². The minimum absolute atomic E-state index is 0.00137.